The molecule has 31 nitrogen and oxygen atoms in total. The summed E-state index contributed by atoms with van der Waals surface area (Å²) in [4.78, 5) is 156. The fourth-order valence-electron chi connectivity index (χ4n) is 7.14. The quantitative estimate of drug-likeness (QED) is 0.0223. The van der Waals surface area contributed by atoms with Crippen LogP contribution in [0.5, 0.6) is 0 Å². The number of carboxylic acid groups (broad SMARTS) is 2. The predicted octanol–water partition coefficient (Wildman–Crippen LogP) is -6.47. The van der Waals surface area contributed by atoms with E-state index in [-0.39, 0.29) is 64.7 Å². The van der Waals surface area contributed by atoms with Crippen molar-refractivity contribution in [1.29, 1.82) is 0 Å². The van der Waals surface area contributed by atoms with Crippen LogP contribution in [0.15, 0.2) is 30.5 Å². The summed E-state index contributed by atoms with van der Waals surface area (Å²) in [6.45, 7) is 4.23. The first-order valence-electron chi connectivity index (χ1n) is 24.4. The van der Waals surface area contributed by atoms with Crippen LogP contribution >= 0.6 is 0 Å². The number of primary amides is 2. The van der Waals surface area contributed by atoms with Crippen LogP contribution in [0.4, 0.5) is 4.79 Å². The van der Waals surface area contributed by atoms with E-state index >= 15 is 0 Å². The number of amides is 11. The fourth-order valence-corrected chi connectivity index (χ4v) is 7.14. The number of hydrogen-bond acceptors (Lipinski definition) is 17. The molecule has 1 unspecified atom stereocenters. The molecule has 1 heterocycles. The summed E-state index contributed by atoms with van der Waals surface area (Å²) in [6.07, 6.45) is -4.25. The number of aliphatic carboxylic acids is 2. The van der Waals surface area contributed by atoms with Crippen LogP contribution < -0.4 is 70.0 Å². The lowest BCUT2D eigenvalue weighted by molar-refractivity contribution is -0.141. The van der Waals surface area contributed by atoms with E-state index in [4.69, 9.17) is 16.6 Å². The highest BCUT2D eigenvalue weighted by atomic mass is 16.5. The number of fused-ring (bicyclic) bond motifs is 1. The molecule has 1 aromatic heterocycles. The first-order valence-corrected chi connectivity index (χ1v) is 24.4. The molecule has 0 saturated heterocycles. The second kappa shape index (κ2) is 33.1. The van der Waals surface area contributed by atoms with Crippen molar-refractivity contribution in [1.82, 2.24) is 63.5 Å². The third kappa shape index (κ3) is 24.5. The Kier molecular flexibility index (Phi) is 28.0. The Balaban J connectivity index is 2.31. The van der Waals surface area contributed by atoms with Gasteiger partial charge in [-0.15, -0.1) is 0 Å². The van der Waals surface area contributed by atoms with Gasteiger partial charge in [0.05, 0.1) is 12.6 Å². The number of carbonyl (C=O) groups is 12. The molecule has 0 aliphatic heterocycles. The lowest BCUT2D eigenvalue weighted by Crippen LogP contribution is -2.61. The Hall–Kier alpha value is -8.00. The van der Waals surface area contributed by atoms with E-state index < -0.39 is 145 Å². The molecule has 2 aromatic rings. The van der Waals surface area contributed by atoms with E-state index in [2.05, 4.69) is 63.5 Å². The number of aliphatic hydroxyl groups excluding tert-OH is 2. The number of aromatic nitrogens is 1. The number of carbonyl (C=O) groups excluding carboxylic acids is 10. The average Bonchev–Trinajstić information content (AvgIpc) is 3.76. The van der Waals surface area contributed by atoms with E-state index in [1.54, 1.807) is 30.5 Å². The molecule has 0 aliphatic rings. The largest absolute Gasteiger partial charge is 0.481 e. The number of H-pyrrole nitrogens is 1. The normalized spacial score (nSPS) is 14.6. The summed E-state index contributed by atoms with van der Waals surface area (Å²) in [5.41, 5.74) is 11.8. The van der Waals surface area contributed by atoms with E-state index in [9.17, 15) is 78.0 Å². The number of carboxylic acids is 2. The molecule has 31 heteroatoms. The maximum Gasteiger partial charge on any atom is 0.325 e. The zero-order valence-electron chi connectivity index (χ0n) is 42.9. The lowest BCUT2D eigenvalue weighted by Gasteiger charge is -2.28. The van der Waals surface area contributed by atoms with Gasteiger partial charge in [0.1, 0.15) is 48.3 Å². The molecular weight excluding hydrogens is 1020 g/mol. The van der Waals surface area contributed by atoms with Gasteiger partial charge in [-0.25, -0.2) is 4.79 Å². The highest BCUT2D eigenvalue weighted by Crippen LogP contribution is 2.19. The Labute approximate surface area is 441 Å². The zero-order valence-corrected chi connectivity index (χ0v) is 42.9. The Morgan fingerprint density at radius 2 is 1.13 bits per heavy atom. The van der Waals surface area contributed by atoms with Gasteiger partial charge in [-0.05, 0) is 78.0 Å². The first kappa shape index (κ1) is 65.1. The SMILES string of the molecule is C[C@H](NC(=O)[C@H](Cc1c[nH]c2ccccc12)NC(=O)[C@H](C)NC(=O)C(NC(=O)[C@H](CCC(=O)O)NC(=O)[C@H](CCCNC(O)O)NC(=O)[C@H](CCCNC(N)=O)NC(=O)CCNCC(=O)N[C@@H](C)C(=O)O)[C@@H](C)O)C(N)=O. The summed E-state index contributed by atoms with van der Waals surface area (Å²) in [5.74, 6) is -11.1. The van der Waals surface area contributed by atoms with Crippen LogP contribution in [0.1, 0.15) is 78.2 Å². The third-order valence-electron chi connectivity index (χ3n) is 11.4. The van der Waals surface area contributed by atoms with Gasteiger partial charge in [0.2, 0.25) is 59.6 Å². The minimum Gasteiger partial charge on any atom is -0.481 e. The molecule has 9 atom stereocenters. The van der Waals surface area contributed by atoms with Crippen molar-refractivity contribution in [2.24, 2.45) is 11.5 Å². The topological polar surface area (TPSA) is 506 Å². The predicted molar refractivity (Wildman–Crippen MR) is 270 cm³/mol. The number of nitrogens with two attached hydrogens (primary N) is 2. The maximum atomic E-state index is 14.0. The van der Waals surface area contributed by atoms with Gasteiger partial charge in [0.25, 0.3) is 0 Å². The molecule has 0 fully saturated rings. The van der Waals surface area contributed by atoms with E-state index in [0.717, 1.165) is 17.8 Å². The van der Waals surface area contributed by atoms with Gasteiger partial charge >= 0.3 is 18.0 Å². The molecule has 2 rings (SSSR count). The van der Waals surface area contributed by atoms with E-state index in [1.165, 1.54) is 20.8 Å². The summed E-state index contributed by atoms with van der Waals surface area (Å²) in [7, 11) is 0. The monoisotopic (exact) mass is 1090 g/mol. The van der Waals surface area contributed by atoms with Crippen LogP contribution in [0.25, 0.3) is 10.9 Å². The second-order valence-electron chi connectivity index (χ2n) is 17.8. The third-order valence-corrected chi connectivity index (χ3v) is 11.4. The van der Waals surface area contributed by atoms with Crippen LogP contribution in [-0.2, 0) is 59.2 Å². The Morgan fingerprint density at radius 1 is 0.571 bits per heavy atom. The van der Waals surface area contributed by atoms with Crippen molar-refractivity contribution in [2.75, 3.05) is 26.2 Å². The number of aliphatic hydroxyl groups is 3. The minimum atomic E-state index is -1.97. The van der Waals surface area contributed by atoms with Crippen molar-refractivity contribution in [3.8, 4) is 0 Å². The molecule has 0 radical (unpaired) electrons. The molecule has 0 bridgehead atoms. The molecule has 21 N–H and O–H groups in total. The minimum absolute atomic E-state index is 0.0524. The van der Waals surface area contributed by atoms with E-state index in [0.29, 0.717) is 5.56 Å². The van der Waals surface area contributed by atoms with Crippen molar-refractivity contribution < 1.29 is 83.1 Å². The standard InChI is InChI=1S/C46H72N14O17/c1-22(37(47)66)54-42(71)32(19-26-20-52-28-10-6-5-9-27(26)28)59-38(67)23(2)55-43(72)36(25(4)61)60-41(70)31(13-14-35(64)65)58-40(69)30(12-8-17-51-46(76)77)57-39(68)29(11-7-16-50-45(48)75)56-33(62)15-18-49-21-34(63)53-24(3)44(73)74/h5-6,9-10,20,22-25,29-32,36,46,49,51-52,61,76-77H,7-8,11-19,21H2,1-4H3,(H2,47,66)(H,53,63)(H,54,71)(H,55,72)(H,56,62)(H,57,68)(H,58,69)(H,59,67)(H,60,70)(H,64,65)(H,73,74)(H3,48,50,75)/t22-,23-,24-,25+,29-,30-,31-,32-,36?/m0/s1. The van der Waals surface area contributed by atoms with Crippen LogP contribution in [-0.4, -0.2) is 189 Å². The van der Waals surface area contributed by atoms with Crippen molar-refractivity contribution in [3.63, 3.8) is 0 Å². The van der Waals surface area contributed by atoms with Gasteiger partial charge in [0.15, 0.2) is 0 Å². The smallest absolute Gasteiger partial charge is 0.325 e. The van der Waals surface area contributed by atoms with Crippen molar-refractivity contribution in [2.45, 2.75) is 140 Å². The molecule has 11 amide bonds. The molecule has 428 valence electrons. The number of benzene rings is 1. The molecular formula is C46H72N14O17. The van der Waals surface area contributed by atoms with Crippen molar-refractivity contribution >= 4 is 82.0 Å². The number of para-hydroxylation sites is 1. The highest BCUT2D eigenvalue weighted by Gasteiger charge is 2.35. The fraction of sp³-hybridized carbons (Fsp3) is 0.565. The molecule has 0 aliphatic carbocycles. The molecule has 0 saturated carbocycles. The van der Waals surface area contributed by atoms with Gasteiger partial charge in [-0.1, -0.05) is 18.2 Å². The van der Waals surface area contributed by atoms with Gasteiger partial charge in [-0.2, -0.15) is 0 Å². The van der Waals surface area contributed by atoms with E-state index in [1.807, 2.05) is 0 Å². The summed E-state index contributed by atoms with van der Waals surface area (Å²) in [6, 6.07) is -5.51. The second-order valence-corrected chi connectivity index (χ2v) is 17.8. The summed E-state index contributed by atoms with van der Waals surface area (Å²) in [5, 5.41) is 74.8. The number of aromatic amines is 1. The van der Waals surface area contributed by atoms with Crippen LogP contribution in [0.3, 0.4) is 0 Å². The molecule has 77 heavy (non-hydrogen) atoms. The molecule has 0 spiro atoms. The number of rotatable bonds is 36. The Bertz CT molecular complexity index is 2380. The number of urea groups is 1. The zero-order chi connectivity index (χ0) is 57.9. The molecule has 1 aromatic carbocycles. The highest BCUT2D eigenvalue weighted by molar-refractivity contribution is 5.98. The lowest BCUT2D eigenvalue weighted by atomic mass is 10.0. The Morgan fingerprint density at radius 3 is 1.71 bits per heavy atom. The number of hydrogen-bond donors (Lipinski definition) is 19. The number of nitrogens with one attached hydrogen (secondary N) is 12. The summed E-state index contributed by atoms with van der Waals surface area (Å²) >= 11 is 0. The maximum absolute atomic E-state index is 14.0. The van der Waals surface area contributed by atoms with Gasteiger partial charge in [-0.3, -0.25) is 58.1 Å². The first-order chi connectivity index (χ1) is 36.2. The van der Waals surface area contributed by atoms with Gasteiger partial charge in [0, 0.05) is 49.5 Å². The summed E-state index contributed by atoms with van der Waals surface area (Å²) < 4.78 is 0. The van der Waals surface area contributed by atoms with Crippen LogP contribution in [0.2, 0.25) is 0 Å². The van der Waals surface area contributed by atoms with Gasteiger partial charge < -0.3 is 95.2 Å². The van der Waals surface area contributed by atoms with Crippen molar-refractivity contribution in [3.05, 3.63) is 36.0 Å². The van der Waals surface area contributed by atoms with Crippen LogP contribution in [0, 0.1) is 0 Å². The average molecular weight is 1090 g/mol.